The number of nitrogen functional groups attached to an aromatic ring is 1. The fraction of sp³-hybridized carbons (Fsp3) is 0.500. The van der Waals surface area contributed by atoms with E-state index in [1.54, 1.807) is 0 Å². The molecule has 0 bridgehead atoms. The molecular formula is C10H16N5Na2O14P3. The van der Waals surface area contributed by atoms with Crippen LogP contribution in [0.4, 0.5) is 5.82 Å². The number of anilines is 1. The largest absolute Gasteiger partial charge is 1.00 e. The van der Waals surface area contributed by atoms with E-state index in [2.05, 4.69) is 28.1 Å². The molecule has 1 aliphatic heterocycles. The van der Waals surface area contributed by atoms with Gasteiger partial charge < -0.3 is 50.3 Å². The molecule has 0 aliphatic carbocycles. The van der Waals surface area contributed by atoms with Crippen LogP contribution < -0.4 is 74.6 Å². The first kappa shape index (κ1) is 34.6. The minimum atomic E-state index is -5.83. The van der Waals surface area contributed by atoms with Crippen LogP contribution in [-0.4, -0.2) is 69.9 Å². The molecule has 1 saturated heterocycles. The first-order valence-electron chi connectivity index (χ1n) is 7.88. The van der Waals surface area contributed by atoms with Crippen LogP contribution in [0.2, 0.25) is 0 Å². The number of nitrogens with two attached hydrogens (primary N) is 1. The van der Waals surface area contributed by atoms with Gasteiger partial charge in [0.05, 0.1) is 12.9 Å². The van der Waals surface area contributed by atoms with E-state index in [9.17, 15) is 33.7 Å². The van der Waals surface area contributed by atoms with Gasteiger partial charge in [-0.25, -0.2) is 28.1 Å². The maximum Gasteiger partial charge on any atom is 1.00 e. The quantitative estimate of drug-likeness (QED) is 0.145. The van der Waals surface area contributed by atoms with E-state index in [1.807, 2.05) is 0 Å². The number of fused-ring (bicyclic) bond motifs is 1. The Morgan fingerprint density at radius 2 is 1.71 bits per heavy atom. The van der Waals surface area contributed by atoms with Crippen molar-refractivity contribution in [1.29, 1.82) is 0 Å². The van der Waals surface area contributed by atoms with Gasteiger partial charge in [0.2, 0.25) is 0 Å². The van der Waals surface area contributed by atoms with Crippen LogP contribution in [0.25, 0.3) is 11.2 Å². The number of aromatic nitrogens is 4. The van der Waals surface area contributed by atoms with Crippen molar-refractivity contribution >= 4 is 40.4 Å². The molecule has 0 saturated carbocycles. The molecule has 1 aliphatic rings. The standard InChI is InChI=1S/C10H16N5O13P3.2Na.H2O/c11-8-5-9(13-2-12-8)15(3-14-5)10-7(17)6(16)4(26-10)1-25-30(21,22)28-31(23,24)27-29(18,19)20;;;/h2-4,6-7,10,16-17H,1H2,(H,21,22)(H,23,24)(H2,11,12,13)(H2,18,19,20);;;1H2/q;2*+1;/p-2/t4-,6+,7+,10+;;;/m0.../s1. The van der Waals surface area contributed by atoms with E-state index < -0.39 is 54.6 Å². The molecule has 0 amide bonds. The average Bonchev–Trinajstić information content (AvgIpc) is 3.13. The minimum Gasteiger partial charge on any atom is -0.756 e. The van der Waals surface area contributed by atoms with Crippen molar-refractivity contribution < 1.29 is 126 Å². The number of phosphoric acid groups is 3. The van der Waals surface area contributed by atoms with Crippen molar-refractivity contribution in [3.05, 3.63) is 12.7 Å². The van der Waals surface area contributed by atoms with Gasteiger partial charge >= 0.3 is 66.9 Å². The van der Waals surface area contributed by atoms with Gasteiger partial charge in [0.25, 0.3) is 15.6 Å². The molecule has 34 heavy (non-hydrogen) atoms. The molecular weight excluding hydrogens is 553 g/mol. The van der Waals surface area contributed by atoms with Gasteiger partial charge in [-0.2, -0.15) is 0 Å². The first-order valence-corrected chi connectivity index (χ1v) is 12.3. The zero-order valence-electron chi connectivity index (χ0n) is 17.3. The summed E-state index contributed by atoms with van der Waals surface area (Å²) < 4.78 is 51.0. The van der Waals surface area contributed by atoms with Crippen molar-refractivity contribution in [3.63, 3.8) is 0 Å². The Hall–Kier alpha value is 0.600. The Kier molecular flexibility index (Phi) is 13.1. The molecule has 2 aromatic rings. The number of phosphoric ester groups is 1. The maximum absolute atomic E-state index is 11.7. The van der Waals surface area contributed by atoms with Gasteiger partial charge in [-0.1, -0.05) is 0 Å². The van der Waals surface area contributed by atoms with Gasteiger partial charge in [-0.3, -0.25) is 13.7 Å². The van der Waals surface area contributed by atoms with Crippen LogP contribution in [-0.2, 0) is 31.6 Å². The molecule has 3 unspecified atom stereocenters. The number of nitrogens with zero attached hydrogens (tertiary/aromatic N) is 4. The fourth-order valence-electron chi connectivity index (χ4n) is 2.61. The first-order chi connectivity index (χ1) is 14.2. The molecule has 0 spiro atoms. The van der Waals surface area contributed by atoms with E-state index in [1.165, 1.54) is 10.9 Å². The van der Waals surface area contributed by atoms with Gasteiger partial charge in [0.1, 0.15) is 30.2 Å². The number of ether oxygens (including phenoxy) is 1. The van der Waals surface area contributed by atoms with E-state index >= 15 is 0 Å². The Bertz CT molecular complexity index is 1120. The van der Waals surface area contributed by atoms with E-state index in [0.717, 1.165) is 6.33 Å². The Balaban J connectivity index is 0.00000363. The summed E-state index contributed by atoms with van der Waals surface area (Å²) in [6.07, 6.45) is -3.87. The number of imidazole rings is 1. The molecule has 19 nitrogen and oxygen atoms in total. The zero-order chi connectivity index (χ0) is 23.2. The summed E-state index contributed by atoms with van der Waals surface area (Å²) in [6.45, 7) is -1.03. The Labute approximate surface area is 234 Å². The number of aliphatic hydroxyl groups is 2. The molecule has 24 heteroatoms. The third-order valence-corrected chi connectivity index (χ3v) is 7.55. The SMILES string of the molecule is Nc1ncnc2c1ncn2[C@@H]1O[C@@H](COP(=O)([O-])OP(=O)(O)OP(=O)([O-])O)[C@@H](O)[C@H]1O.O.[Na+].[Na+]. The van der Waals surface area contributed by atoms with E-state index in [4.69, 9.17) is 20.3 Å². The number of aliphatic hydroxyl groups excluding tert-OH is 2. The molecule has 3 heterocycles. The third-order valence-electron chi connectivity index (χ3n) is 3.80. The number of rotatable bonds is 8. The van der Waals surface area contributed by atoms with Gasteiger partial charge in [0, 0.05) is 0 Å². The van der Waals surface area contributed by atoms with Crippen LogP contribution in [0.3, 0.4) is 0 Å². The second-order valence-corrected chi connectivity index (χ2v) is 10.3. The topological polar surface area (TPSA) is 316 Å². The van der Waals surface area contributed by atoms with Crippen molar-refractivity contribution in [1.82, 2.24) is 19.5 Å². The summed E-state index contributed by atoms with van der Waals surface area (Å²) in [5.41, 5.74) is 5.96. The molecule has 0 radical (unpaired) electrons. The van der Waals surface area contributed by atoms with Crippen molar-refractivity contribution in [2.45, 2.75) is 24.5 Å². The summed E-state index contributed by atoms with van der Waals surface area (Å²) in [7, 11) is -17.4. The van der Waals surface area contributed by atoms with Crippen LogP contribution >= 0.6 is 23.5 Å². The van der Waals surface area contributed by atoms with Crippen molar-refractivity contribution in [2.24, 2.45) is 0 Å². The third kappa shape index (κ3) is 8.58. The second kappa shape index (κ2) is 12.9. The van der Waals surface area contributed by atoms with Crippen LogP contribution in [0.5, 0.6) is 0 Å². The molecule has 1 fully saturated rings. The fourth-order valence-corrected chi connectivity index (χ4v) is 5.57. The Morgan fingerprint density at radius 3 is 2.29 bits per heavy atom. The average molecular weight is 569 g/mol. The molecule has 2 aromatic heterocycles. The van der Waals surface area contributed by atoms with Crippen molar-refractivity contribution in [2.75, 3.05) is 12.3 Å². The summed E-state index contributed by atoms with van der Waals surface area (Å²) in [5.74, 6) is 0.0299. The molecule has 182 valence electrons. The van der Waals surface area contributed by atoms with Gasteiger partial charge in [-0.15, -0.1) is 0 Å². The smallest absolute Gasteiger partial charge is 0.756 e. The molecule has 0 aromatic carbocycles. The molecule has 7 atom stereocenters. The summed E-state index contributed by atoms with van der Waals surface area (Å²) in [5, 5.41) is 20.4. The normalized spacial score (nSPS) is 27.4. The van der Waals surface area contributed by atoms with Crippen molar-refractivity contribution in [3.8, 4) is 0 Å². The van der Waals surface area contributed by atoms with E-state index in [-0.39, 0.29) is 81.6 Å². The zero-order valence-corrected chi connectivity index (χ0v) is 24.0. The summed E-state index contributed by atoms with van der Waals surface area (Å²) in [6, 6.07) is 0. The minimum absolute atomic E-state index is 0. The monoisotopic (exact) mass is 569 g/mol. The van der Waals surface area contributed by atoms with Crippen LogP contribution in [0.1, 0.15) is 6.23 Å². The number of hydrogen-bond acceptors (Lipinski definition) is 15. The summed E-state index contributed by atoms with van der Waals surface area (Å²) >= 11 is 0. The maximum atomic E-state index is 11.7. The van der Waals surface area contributed by atoms with Gasteiger partial charge in [0.15, 0.2) is 17.7 Å². The molecule has 8 N–H and O–H groups in total. The molecule has 3 rings (SSSR count). The number of hydrogen-bond donors (Lipinski definition) is 5. The van der Waals surface area contributed by atoms with Crippen LogP contribution in [0.15, 0.2) is 12.7 Å². The summed E-state index contributed by atoms with van der Waals surface area (Å²) in [4.78, 5) is 51.1. The van der Waals surface area contributed by atoms with Gasteiger partial charge in [-0.05, 0) is 0 Å². The predicted octanol–water partition coefficient (Wildman–Crippen LogP) is -9.71. The predicted molar refractivity (Wildman–Crippen MR) is 94.7 cm³/mol. The van der Waals surface area contributed by atoms with E-state index in [0.29, 0.717) is 0 Å². The van der Waals surface area contributed by atoms with Crippen LogP contribution in [0, 0.1) is 0 Å². The second-order valence-electron chi connectivity index (χ2n) is 5.97. The Morgan fingerprint density at radius 1 is 1.09 bits per heavy atom.